The first-order valence-corrected chi connectivity index (χ1v) is 6.30. The molecule has 0 spiro atoms. The number of nitrogens with zero attached hydrogens (tertiary/aromatic N) is 3. The SMILES string of the molecule is O=C(O)C1=NN(Cc2ccc(Cl)cc2[N+](=O)[O-])C(=O)CC1. The fraction of sp³-hybridized carbons (Fsp3) is 0.250. The van der Waals surface area contributed by atoms with Crippen molar-refractivity contribution in [1.29, 1.82) is 0 Å². The molecule has 110 valence electrons. The van der Waals surface area contributed by atoms with Crippen molar-refractivity contribution < 1.29 is 19.6 Å². The lowest BCUT2D eigenvalue weighted by Gasteiger charge is -2.22. The third-order valence-electron chi connectivity index (χ3n) is 2.92. The van der Waals surface area contributed by atoms with E-state index >= 15 is 0 Å². The molecule has 0 radical (unpaired) electrons. The van der Waals surface area contributed by atoms with E-state index in [1.165, 1.54) is 18.2 Å². The summed E-state index contributed by atoms with van der Waals surface area (Å²) in [7, 11) is 0. The number of carboxylic acids is 1. The quantitative estimate of drug-likeness (QED) is 0.673. The van der Waals surface area contributed by atoms with Gasteiger partial charge in [-0.15, -0.1) is 0 Å². The van der Waals surface area contributed by atoms with Crippen molar-refractivity contribution in [2.75, 3.05) is 0 Å². The predicted molar refractivity (Wildman–Crippen MR) is 73.0 cm³/mol. The van der Waals surface area contributed by atoms with Gasteiger partial charge in [0.2, 0.25) is 5.91 Å². The zero-order valence-electron chi connectivity index (χ0n) is 10.7. The van der Waals surface area contributed by atoms with Gasteiger partial charge in [0.05, 0.1) is 17.0 Å². The van der Waals surface area contributed by atoms with E-state index in [9.17, 15) is 19.7 Å². The molecule has 0 bridgehead atoms. The number of hydrogen-bond donors (Lipinski definition) is 1. The van der Waals surface area contributed by atoms with Crippen molar-refractivity contribution in [2.45, 2.75) is 19.4 Å². The van der Waals surface area contributed by atoms with Gasteiger partial charge in [-0.25, -0.2) is 9.80 Å². The fourth-order valence-corrected chi connectivity index (χ4v) is 2.05. The van der Waals surface area contributed by atoms with Crippen LogP contribution in [0, 0.1) is 10.1 Å². The first-order chi connectivity index (χ1) is 9.88. The lowest BCUT2D eigenvalue weighted by Crippen LogP contribution is -2.34. The zero-order valence-corrected chi connectivity index (χ0v) is 11.4. The van der Waals surface area contributed by atoms with Gasteiger partial charge in [-0.05, 0) is 12.1 Å². The number of benzene rings is 1. The van der Waals surface area contributed by atoms with Crippen LogP contribution in [0.2, 0.25) is 5.02 Å². The normalized spacial score (nSPS) is 14.8. The van der Waals surface area contributed by atoms with Crippen molar-refractivity contribution in [3.63, 3.8) is 0 Å². The number of nitro benzene ring substituents is 1. The number of hydrogen-bond acceptors (Lipinski definition) is 5. The number of aliphatic carboxylic acids is 1. The highest BCUT2D eigenvalue weighted by Crippen LogP contribution is 2.25. The summed E-state index contributed by atoms with van der Waals surface area (Å²) >= 11 is 5.71. The largest absolute Gasteiger partial charge is 0.477 e. The summed E-state index contributed by atoms with van der Waals surface area (Å²) in [5, 5.41) is 24.7. The lowest BCUT2D eigenvalue weighted by atomic mass is 10.1. The molecule has 0 saturated carbocycles. The average Bonchev–Trinajstić information content (AvgIpc) is 2.42. The Morgan fingerprint density at radius 3 is 2.81 bits per heavy atom. The summed E-state index contributed by atoms with van der Waals surface area (Å²) in [6.45, 7) is -0.177. The second-order valence-electron chi connectivity index (χ2n) is 4.33. The van der Waals surface area contributed by atoms with Gasteiger partial charge in [-0.1, -0.05) is 11.6 Å². The van der Waals surface area contributed by atoms with Gasteiger partial charge >= 0.3 is 5.97 Å². The average molecular weight is 312 g/mol. The highest BCUT2D eigenvalue weighted by atomic mass is 35.5. The van der Waals surface area contributed by atoms with Gasteiger partial charge in [-0.2, -0.15) is 5.10 Å². The van der Waals surface area contributed by atoms with Crippen LogP contribution in [0.3, 0.4) is 0 Å². The van der Waals surface area contributed by atoms with Crippen LogP contribution >= 0.6 is 11.6 Å². The minimum Gasteiger partial charge on any atom is -0.477 e. The third kappa shape index (κ3) is 3.34. The van der Waals surface area contributed by atoms with E-state index in [1.807, 2.05) is 0 Å². The summed E-state index contributed by atoms with van der Waals surface area (Å²) in [6, 6.07) is 4.05. The van der Waals surface area contributed by atoms with Gasteiger partial charge in [-0.3, -0.25) is 14.9 Å². The molecule has 0 fully saturated rings. The molecule has 0 saturated heterocycles. The van der Waals surface area contributed by atoms with Crippen molar-refractivity contribution >= 4 is 34.9 Å². The van der Waals surface area contributed by atoms with E-state index in [-0.39, 0.29) is 47.3 Å². The standard InChI is InChI=1S/C12H10ClN3O5/c13-8-2-1-7(10(5-8)16(20)21)6-15-11(17)4-3-9(14-15)12(18)19/h1-2,5H,3-4,6H2,(H,18,19). The maximum atomic E-state index is 11.7. The number of carbonyl (C=O) groups is 2. The Bertz CT molecular complexity index is 658. The molecule has 2 rings (SSSR count). The molecule has 0 aromatic heterocycles. The summed E-state index contributed by atoms with van der Waals surface area (Å²) in [5.74, 6) is -1.60. The number of nitro groups is 1. The molecule has 1 heterocycles. The van der Waals surface area contributed by atoms with E-state index in [0.717, 1.165) is 5.01 Å². The molecule has 0 atom stereocenters. The molecule has 1 amide bonds. The summed E-state index contributed by atoms with van der Waals surface area (Å²) in [4.78, 5) is 33.0. The van der Waals surface area contributed by atoms with Crippen LogP contribution in [0.5, 0.6) is 0 Å². The molecule has 0 unspecified atom stereocenters. The zero-order chi connectivity index (χ0) is 15.6. The molecule has 8 nitrogen and oxygen atoms in total. The van der Waals surface area contributed by atoms with E-state index in [0.29, 0.717) is 0 Å². The number of amides is 1. The highest BCUT2D eigenvalue weighted by Gasteiger charge is 2.26. The summed E-state index contributed by atoms with van der Waals surface area (Å²) in [5.41, 5.74) is -0.160. The van der Waals surface area contributed by atoms with E-state index in [4.69, 9.17) is 16.7 Å². The number of rotatable bonds is 4. The van der Waals surface area contributed by atoms with E-state index < -0.39 is 10.9 Å². The van der Waals surface area contributed by atoms with Crippen LogP contribution in [-0.4, -0.2) is 32.6 Å². The van der Waals surface area contributed by atoms with Gasteiger partial charge in [0, 0.05) is 23.9 Å². The molecule has 1 aliphatic rings. The Balaban J connectivity index is 2.32. The minimum atomic E-state index is -1.21. The van der Waals surface area contributed by atoms with Crippen LogP contribution < -0.4 is 0 Å². The Kier molecular flexibility index (Phi) is 4.18. The number of hydrazone groups is 1. The number of carbonyl (C=O) groups excluding carboxylic acids is 1. The molecular weight excluding hydrogens is 302 g/mol. The summed E-state index contributed by atoms with van der Waals surface area (Å²) in [6.07, 6.45) is 0.0555. The minimum absolute atomic E-state index is 0.00647. The van der Waals surface area contributed by atoms with Crippen molar-refractivity contribution in [3.05, 3.63) is 38.9 Å². The lowest BCUT2D eigenvalue weighted by molar-refractivity contribution is -0.385. The van der Waals surface area contributed by atoms with Crippen LogP contribution in [0.1, 0.15) is 18.4 Å². The molecule has 1 aromatic rings. The van der Waals surface area contributed by atoms with Crippen molar-refractivity contribution in [3.8, 4) is 0 Å². The van der Waals surface area contributed by atoms with Crippen LogP contribution in [0.25, 0.3) is 0 Å². The predicted octanol–water partition coefficient (Wildman–Crippen LogP) is 1.81. The van der Waals surface area contributed by atoms with Gasteiger partial charge in [0.25, 0.3) is 5.69 Å². The van der Waals surface area contributed by atoms with E-state index in [1.54, 1.807) is 0 Å². The Morgan fingerprint density at radius 1 is 1.48 bits per heavy atom. The Morgan fingerprint density at radius 2 is 2.19 bits per heavy atom. The fourth-order valence-electron chi connectivity index (χ4n) is 1.88. The maximum absolute atomic E-state index is 11.7. The Hall–Kier alpha value is -2.48. The maximum Gasteiger partial charge on any atom is 0.352 e. The first-order valence-electron chi connectivity index (χ1n) is 5.92. The Labute approximate surface area is 123 Å². The molecule has 1 aromatic carbocycles. The highest BCUT2D eigenvalue weighted by molar-refractivity contribution is 6.36. The number of carboxylic acid groups (broad SMARTS) is 1. The molecule has 1 aliphatic heterocycles. The first kappa shape index (κ1) is 14.9. The van der Waals surface area contributed by atoms with Crippen LogP contribution in [0.4, 0.5) is 5.69 Å². The van der Waals surface area contributed by atoms with Gasteiger partial charge in [0.15, 0.2) is 0 Å². The topological polar surface area (TPSA) is 113 Å². The second kappa shape index (κ2) is 5.88. The molecule has 21 heavy (non-hydrogen) atoms. The number of halogens is 1. The van der Waals surface area contributed by atoms with Crippen molar-refractivity contribution in [1.82, 2.24) is 5.01 Å². The van der Waals surface area contributed by atoms with Crippen molar-refractivity contribution in [2.24, 2.45) is 5.10 Å². The second-order valence-corrected chi connectivity index (χ2v) is 4.77. The van der Waals surface area contributed by atoms with Crippen LogP contribution in [-0.2, 0) is 16.1 Å². The smallest absolute Gasteiger partial charge is 0.352 e. The molecule has 1 N–H and O–H groups in total. The van der Waals surface area contributed by atoms with E-state index in [2.05, 4.69) is 5.10 Å². The molecule has 0 aliphatic carbocycles. The van der Waals surface area contributed by atoms with Gasteiger partial charge < -0.3 is 5.11 Å². The molecule has 9 heteroatoms. The van der Waals surface area contributed by atoms with Crippen LogP contribution in [0.15, 0.2) is 23.3 Å². The molecular formula is C12H10ClN3O5. The third-order valence-corrected chi connectivity index (χ3v) is 3.15. The summed E-state index contributed by atoms with van der Waals surface area (Å²) < 4.78 is 0. The van der Waals surface area contributed by atoms with Gasteiger partial charge in [0.1, 0.15) is 5.71 Å². The monoisotopic (exact) mass is 311 g/mol.